The number of nitrogens with zero attached hydrogens (tertiary/aromatic N) is 1. The topological polar surface area (TPSA) is 29.5 Å². The molecule has 0 radical (unpaired) electrons. The molecule has 0 aromatic heterocycles. The zero-order valence-electron chi connectivity index (χ0n) is 9.90. The maximum absolute atomic E-state index is 11.8. The summed E-state index contributed by atoms with van der Waals surface area (Å²) in [5.74, 6) is 0.780. The maximum Gasteiger partial charge on any atom is 0.167 e. The van der Waals surface area contributed by atoms with E-state index in [2.05, 4.69) is 0 Å². The quantitative estimate of drug-likeness (QED) is 0.779. The van der Waals surface area contributed by atoms with Crippen LogP contribution in [0, 0.1) is 0 Å². The monoisotopic (exact) mass is 287 g/mol. The van der Waals surface area contributed by atoms with Crippen LogP contribution in [-0.2, 0) is 0 Å². The van der Waals surface area contributed by atoms with Crippen LogP contribution in [0.1, 0.15) is 16.8 Å². The highest BCUT2D eigenvalue weighted by atomic mass is 79.9. The number of hydrogen-bond donors (Lipinski definition) is 0. The van der Waals surface area contributed by atoms with E-state index in [0.29, 0.717) is 17.7 Å². The Balaban J connectivity index is 0.00000225. The van der Waals surface area contributed by atoms with Gasteiger partial charge in [0.25, 0.3) is 0 Å². The lowest BCUT2D eigenvalue weighted by atomic mass is 10.1. The van der Waals surface area contributed by atoms with Gasteiger partial charge in [-0.3, -0.25) is 4.79 Å². The fourth-order valence-electron chi connectivity index (χ4n) is 1.33. The first-order valence-electron chi connectivity index (χ1n) is 4.96. The van der Waals surface area contributed by atoms with Gasteiger partial charge in [-0.2, -0.15) is 0 Å². The molecule has 0 heterocycles. The molecule has 0 saturated carbocycles. The van der Waals surface area contributed by atoms with Crippen LogP contribution in [-0.4, -0.2) is 38.4 Å². The van der Waals surface area contributed by atoms with Gasteiger partial charge in [0.05, 0.1) is 12.7 Å². The van der Waals surface area contributed by atoms with E-state index >= 15 is 0 Å². The van der Waals surface area contributed by atoms with Crippen molar-refractivity contribution in [2.75, 3.05) is 27.7 Å². The minimum absolute atomic E-state index is 0. The Hall–Kier alpha value is -0.870. The molecule has 0 fully saturated rings. The average Bonchev–Trinajstić information content (AvgIpc) is 2.25. The van der Waals surface area contributed by atoms with Crippen LogP contribution in [0.4, 0.5) is 0 Å². The molecule has 90 valence electrons. The molecule has 0 atom stereocenters. The van der Waals surface area contributed by atoms with Crippen molar-refractivity contribution in [1.29, 1.82) is 0 Å². The summed E-state index contributed by atoms with van der Waals surface area (Å²) in [7, 11) is 5.49. The number of halogens is 1. The van der Waals surface area contributed by atoms with E-state index < -0.39 is 0 Å². The van der Waals surface area contributed by atoms with Crippen LogP contribution in [0.15, 0.2) is 24.3 Å². The minimum atomic E-state index is 0. The summed E-state index contributed by atoms with van der Waals surface area (Å²) in [6.07, 6.45) is 0.521. The normalized spacial score (nSPS) is 9.75. The molecule has 3 nitrogen and oxygen atoms in total. The lowest BCUT2D eigenvalue weighted by Gasteiger charge is -2.10. The van der Waals surface area contributed by atoms with E-state index in [1.807, 2.05) is 37.2 Å². The average molecular weight is 288 g/mol. The Morgan fingerprint density at radius 3 is 2.50 bits per heavy atom. The van der Waals surface area contributed by atoms with Crippen molar-refractivity contribution in [2.24, 2.45) is 0 Å². The van der Waals surface area contributed by atoms with Gasteiger partial charge in [0, 0.05) is 13.0 Å². The van der Waals surface area contributed by atoms with Gasteiger partial charge in [0.15, 0.2) is 5.78 Å². The summed E-state index contributed by atoms with van der Waals surface area (Å²) in [6, 6.07) is 7.33. The number of para-hydroxylation sites is 1. The van der Waals surface area contributed by atoms with Crippen LogP contribution in [0.25, 0.3) is 0 Å². The summed E-state index contributed by atoms with van der Waals surface area (Å²) in [5.41, 5.74) is 0.668. The zero-order chi connectivity index (χ0) is 11.3. The molecule has 1 aromatic carbocycles. The second-order valence-electron chi connectivity index (χ2n) is 3.68. The molecule has 0 unspecified atom stereocenters. The maximum atomic E-state index is 11.8. The third-order valence-electron chi connectivity index (χ3n) is 2.19. The molecule has 1 rings (SSSR count). The number of methoxy groups -OCH3 is 1. The Morgan fingerprint density at radius 1 is 1.31 bits per heavy atom. The Labute approximate surface area is 107 Å². The number of carbonyl (C=O) groups is 1. The molecule has 0 aliphatic heterocycles. The number of benzene rings is 1. The highest BCUT2D eigenvalue weighted by Crippen LogP contribution is 2.18. The SMILES string of the molecule is Br.COc1ccccc1C(=O)CCN(C)C. The predicted molar refractivity (Wildman–Crippen MR) is 70.8 cm³/mol. The van der Waals surface area contributed by atoms with Gasteiger partial charge in [-0.1, -0.05) is 12.1 Å². The molecule has 16 heavy (non-hydrogen) atoms. The standard InChI is InChI=1S/C12H17NO2.BrH/c1-13(2)9-8-11(14)10-6-4-5-7-12(10)15-3;/h4-7H,8-9H2,1-3H3;1H. The van der Waals surface area contributed by atoms with Crippen LogP contribution in [0.5, 0.6) is 5.75 Å². The molecule has 0 saturated heterocycles. The fraction of sp³-hybridized carbons (Fsp3) is 0.417. The van der Waals surface area contributed by atoms with Crippen LogP contribution in [0.3, 0.4) is 0 Å². The van der Waals surface area contributed by atoms with Gasteiger partial charge >= 0.3 is 0 Å². The molecule has 0 bridgehead atoms. The third kappa shape index (κ3) is 4.33. The van der Waals surface area contributed by atoms with Crippen molar-refractivity contribution in [1.82, 2.24) is 4.90 Å². The van der Waals surface area contributed by atoms with Gasteiger partial charge in [0.1, 0.15) is 5.75 Å². The van der Waals surface area contributed by atoms with Gasteiger partial charge < -0.3 is 9.64 Å². The fourth-order valence-corrected chi connectivity index (χ4v) is 1.33. The summed E-state index contributed by atoms with van der Waals surface area (Å²) < 4.78 is 5.14. The molecular weight excluding hydrogens is 270 g/mol. The predicted octanol–water partition coefficient (Wildman–Crippen LogP) is 2.41. The molecule has 1 aromatic rings. The number of ether oxygens (including phenoxy) is 1. The molecule has 0 N–H and O–H groups in total. The minimum Gasteiger partial charge on any atom is -0.496 e. The largest absolute Gasteiger partial charge is 0.496 e. The molecule has 4 heteroatoms. The van der Waals surface area contributed by atoms with Gasteiger partial charge in [0.2, 0.25) is 0 Å². The number of Topliss-reactive ketones (excluding diaryl/α,β-unsaturated/α-hetero) is 1. The van der Waals surface area contributed by atoms with Crippen molar-refractivity contribution in [3.05, 3.63) is 29.8 Å². The Bertz CT molecular complexity index is 340. The lowest BCUT2D eigenvalue weighted by Crippen LogP contribution is -2.17. The van der Waals surface area contributed by atoms with Crippen LogP contribution in [0.2, 0.25) is 0 Å². The van der Waals surface area contributed by atoms with Gasteiger partial charge in [-0.15, -0.1) is 17.0 Å². The molecule has 0 spiro atoms. The highest BCUT2D eigenvalue weighted by Gasteiger charge is 2.10. The number of rotatable bonds is 5. The molecule has 0 aliphatic rings. The summed E-state index contributed by atoms with van der Waals surface area (Å²) >= 11 is 0. The van der Waals surface area contributed by atoms with E-state index in [-0.39, 0.29) is 22.8 Å². The van der Waals surface area contributed by atoms with E-state index in [1.165, 1.54) is 0 Å². The summed E-state index contributed by atoms with van der Waals surface area (Å²) in [5, 5.41) is 0. The van der Waals surface area contributed by atoms with Crippen molar-refractivity contribution < 1.29 is 9.53 Å². The second kappa shape index (κ2) is 7.41. The van der Waals surface area contributed by atoms with Crippen LogP contribution >= 0.6 is 17.0 Å². The Kier molecular flexibility index (Phi) is 7.01. The first-order chi connectivity index (χ1) is 7.15. The van der Waals surface area contributed by atoms with E-state index in [9.17, 15) is 4.79 Å². The van der Waals surface area contributed by atoms with E-state index in [4.69, 9.17) is 4.74 Å². The summed E-state index contributed by atoms with van der Waals surface area (Å²) in [6.45, 7) is 0.761. The van der Waals surface area contributed by atoms with Crippen molar-refractivity contribution >= 4 is 22.8 Å². The van der Waals surface area contributed by atoms with Crippen molar-refractivity contribution in [3.8, 4) is 5.75 Å². The first kappa shape index (κ1) is 15.1. The third-order valence-corrected chi connectivity index (χ3v) is 2.19. The highest BCUT2D eigenvalue weighted by molar-refractivity contribution is 8.93. The number of ketones is 1. The molecular formula is C12H18BrNO2. The van der Waals surface area contributed by atoms with Gasteiger partial charge in [-0.25, -0.2) is 0 Å². The molecule has 0 amide bonds. The smallest absolute Gasteiger partial charge is 0.167 e. The lowest BCUT2D eigenvalue weighted by molar-refractivity contribution is 0.0969. The zero-order valence-corrected chi connectivity index (χ0v) is 11.6. The number of carbonyl (C=O) groups excluding carboxylic acids is 1. The Morgan fingerprint density at radius 2 is 1.94 bits per heavy atom. The van der Waals surface area contributed by atoms with Crippen molar-refractivity contribution in [3.63, 3.8) is 0 Å². The number of hydrogen-bond acceptors (Lipinski definition) is 3. The van der Waals surface area contributed by atoms with Crippen molar-refractivity contribution in [2.45, 2.75) is 6.42 Å². The van der Waals surface area contributed by atoms with E-state index in [1.54, 1.807) is 13.2 Å². The molecule has 0 aliphatic carbocycles. The van der Waals surface area contributed by atoms with E-state index in [0.717, 1.165) is 6.54 Å². The first-order valence-corrected chi connectivity index (χ1v) is 4.96. The second-order valence-corrected chi connectivity index (χ2v) is 3.68. The van der Waals surface area contributed by atoms with Gasteiger partial charge in [-0.05, 0) is 26.2 Å². The van der Waals surface area contributed by atoms with Crippen LogP contribution < -0.4 is 4.74 Å². The summed E-state index contributed by atoms with van der Waals surface area (Å²) in [4.78, 5) is 13.8.